The summed E-state index contributed by atoms with van der Waals surface area (Å²) in [5, 5.41) is 4.73. The highest BCUT2D eigenvalue weighted by Gasteiger charge is 2.45. The van der Waals surface area contributed by atoms with Crippen molar-refractivity contribution in [3.8, 4) is 27.9 Å². The summed E-state index contributed by atoms with van der Waals surface area (Å²) in [6.07, 6.45) is 0. The first kappa shape index (κ1) is 36.3. The highest BCUT2D eigenvalue weighted by atomic mass is 16.3. The third-order valence-corrected chi connectivity index (χ3v) is 13.5. The van der Waals surface area contributed by atoms with Crippen LogP contribution >= 0.6 is 0 Å². The van der Waals surface area contributed by atoms with Crippen molar-refractivity contribution in [3.05, 3.63) is 265 Å². The quantitative estimate of drug-likeness (QED) is 0.160. The molecule has 10 aromatic carbocycles. The van der Waals surface area contributed by atoms with Gasteiger partial charge in [0.05, 0.1) is 16.4 Å². The van der Waals surface area contributed by atoms with Gasteiger partial charge in [-0.2, -0.15) is 0 Å². The molecule has 3 heteroatoms. The number of aromatic nitrogens is 1. The van der Waals surface area contributed by atoms with E-state index in [4.69, 9.17) is 4.42 Å². The molecule has 2 heterocycles. The molecule has 13 rings (SSSR count). The van der Waals surface area contributed by atoms with E-state index < -0.39 is 5.41 Å². The van der Waals surface area contributed by atoms with E-state index in [0.717, 1.165) is 50.3 Å². The van der Waals surface area contributed by atoms with Crippen LogP contribution < -0.4 is 4.90 Å². The van der Waals surface area contributed by atoms with Gasteiger partial charge in [0.15, 0.2) is 0 Å². The van der Waals surface area contributed by atoms with Gasteiger partial charge in [0.2, 0.25) is 0 Å². The molecule has 0 fully saturated rings. The Labute approximate surface area is 371 Å². The lowest BCUT2D eigenvalue weighted by Gasteiger charge is -2.34. The van der Waals surface area contributed by atoms with Crippen LogP contribution in [0.4, 0.5) is 17.1 Å². The number of fused-ring (bicyclic) bond motifs is 9. The summed E-state index contributed by atoms with van der Waals surface area (Å²) < 4.78 is 8.86. The van der Waals surface area contributed by atoms with E-state index in [0.29, 0.717) is 0 Å². The molecule has 12 aromatic rings. The Morgan fingerprint density at radius 3 is 1.59 bits per heavy atom. The fourth-order valence-corrected chi connectivity index (χ4v) is 10.7. The van der Waals surface area contributed by atoms with Crippen LogP contribution in [0.1, 0.15) is 22.3 Å². The van der Waals surface area contributed by atoms with Crippen LogP contribution in [0.25, 0.3) is 71.7 Å². The molecule has 2 aromatic heterocycles. The summed E-state index contributed by atoms with van der Waals surface area (Å²) >= 11 is 0. The molecule has 64 heavy (non-hydrogen) atoms. The fraction of sp³-hybridized carbons (Fsp3) is 0.0164. The molecule has 3 nitrogen and oxygen atoms in total. The smallest absolute Gasteiger partial charge is 0.137 e. The number of furan rings is 1. The average Bonchev–Trinajstić information content (AvgIpc) is 4.01. The van der Waals surface area contributed by atoms with Gasteiger partial charge in [0.25, 0.3) is 0 Å². The molecular weight excluding hydrogens is 777 g/mol. The Kier molecular flexibility index (Phi) is 8.13. The van der Waals surface area contributed by atoms with Gasteiger partial charge in [0.1, 0.15) is 11.2 Å². The van der Waals surface area contributed by atoms with Crippen LogP contribution in [0.2, 0.25) is 0 Å². The molecule has 0 bridgehead atoms. The number of anilines is 3. The van der Waals surface area contributed by atoms with Crippen LogP contribution in [0.15, 0.2) is 247 Å². The predicted octanol–water partition coefficient (Wildman–Crippen LogP) is 16.2. The van der Waals surface area contributed by atoms with Crippen molar-refractivity contribution < 1.29 is 4.42 Å². The second-order valence-corrected chi connectivity index (χ2v) is 16.8. The second kappa shape index (κ2) is 14.3. The van der Waals surface area contributed by atoms with Crippen molar-refractivity contribution in [1.29, 1.82) is 0 Å². The van der Waals surface area contributed by atoms with Crippen molar-refractivity contribution in [3.63, 3.8) is 0 Å². The van der Waals surface area contributed by atoms with Crippen LogP contribution in [-0.2, 0) is 5.41 Å². The third-order valence-electron chi connectivity index (χ3n) is 13.5. The molecular formula is C61H40N2O. The largest absolute Gasteiger partial charge is 0.456 e. The Morgan fingerprint density at radius 1 is 0.344 bits per heavy atom. The summed E-state index contributed by atoms with van der Waals surface area (Å²) in [5.74, 6) is 0. The maximum absolute atomic E-state index is 6.48. The van der Waals surface area contributed by atoms with E-state index in [2.05, 4.69) is 240 Å². The van der Waals surface area contributed by atoms with Crippen molar-refractivity contribution in [2.75, 3.05) is 4.90 Å². The van der Waals surface area contributed by atoms with Gasteiger partial charge >= 0.3 is 0 Å². The van der Waals surface area contributed by atoms with Crippen molar-refractivity contribution in [2.24, 2.45) is 0 Å². The number of para-hydroxylation sites is 3. The summed E-state index contributed by atoms with van der Waals surface area (Å²) in [6, 6.07) is 88.2. The first-order chi connectivity index (χ1) is 31.7. The second-order valence-electron chi connectivity index (χ2n) is 16.8. The van der Waals surface area contributed by atoms with E-state index >= 15 is 0 Å². The highest BCUT2D eigenvalue weighted by Crippen LogP contribution is 2.56. The van der Waals surface area contributed by atoms with Crippen LogP contribution in [-0.4, -0.2) is 4.57 Å². The van der Waals surface area contributed by atoms with Gasteiger partial charge in [0, 0.05) is 50.4 Å². The zero-order chi connectivity index (χ0) is 42.2. The summed E-state index contributed by atoms with van der Waals surface area (Å²) in [6.45, 7) is 0. The summed E-state index contributed by atoms with van der Waals surface area (Å²) in [4.78, 5) is 2.35. The SMILES string of the molecule is c1ccc(-n2c3ccccc3c3ccc(-c4ccc(N(c5ccc(C6(c7ccccc7)c7ccccc7-c7ccccc76)cc5)c5ccc6c(c5)oc5ccccc56)cc4)cc32)cc1. The maximum Gasteiger partial charge on any atom is 0.137 e. The molecule has 0 aliphatic heterocycles. The summed E-state index contributed by atoms with van der Waals surface area (Å²) in [7, 11) is 0. The van der Waals surface area contributed by atoms with Crippen molar-refractivity contribution in [2.45, 2.75) is 5.41 Å². The number of hydrogen-bond acceptors (Lipinski definition) is 2. The number of benzene rings is 10. The average molecular weight is 817 g/mol. The minimum atomic E-state index is -0.472. The van der Waals surface area contributed by atoms with Gasteiger partial charge in [-0.25, -0.2) is 0 Å². The van der Waals surface area contributed by atoms with Gasteiger partial charge in [-0.05, 0) is 111 Å². The highest BCUT2D eigenvalue weighted by molar-refractivity contribution is 6.10. The van der Waals surface area contributed by atoms with Crippen molar-refractivity contribution >= 4 is 60.8 Å². The van der Waals surface area contributed by atoms with Gasteiger partial charge in [-0.1, -0.05) is 170 Å². The zero-order valence-corrected chi connectivity index (χ0v) is 34.9. The monoisotopic (exact) mass is 816 g/mol. The fourth-order valence-electron chi connectivity index (χ4n) is 10.7. The van der Waals surface area contributed by atoms with Crippen LogP contribution in [0, 0.1) is 0 Å². The van der Waals surface area contributed by atoms with Crippen molar-refractivity contribution in [1.82, 2.24) is 4.57 Å². The first-order valence-electron chi connectivity index (χ1n) is 22.0. The molecule has 0 radical (unpaired) electrons. The third kappa shape index (κ3) is 5.41. The minimum Gasteiger partial charge on any atom is -0.456 e. The van der Waals surface area contributed by atoms with E-state index in [1.165, 1.54) is 60.8 Å². The predicted molar refractivity (Wildman–Crippen MR) is 265 cm³/mol. The Balaban J connectivity index is 0.954. The number of nitrogens with zero attached hydrogens (tertiary/aromatic N) is 2. The van der Waals surface area contributed by atoms with Gasteiger partial charge in [-0.3, -0.25) is 0 Å². The van der Waals surface area contributed by atoms with E-state index in [1.54, 1.807) is 0 Å². The Morgan fingerprint density at radius 2 is 0.859 bits per heavy atom. The lowest BCUT2D eigenvalue weighted by Crippen LogP contribution is -2.28. The maximum atomic E-state index is 6.48. The van der Waals surface area contributed by atoms with E-state index in [-0.39, 0.29) is 0 Å². The molecule has 0 atom stereocenters. The van der Waals surface area contributed by atoms with E-state index in [9.17, 15) is 0 Å². The molecule has 0 saturated heterocycles. The number of rotatable bonds is 7. The van der Waals surface area contributed by atoms with Gasteiger partial charge < -0.3 is 13.9 Å². The molecule has 0 unspecified atom stereocenters. The Bertz CT molecular complexity index is 3670. The zero-order valence-electron chi connectivity index (χ0n) is 34.9. The molecule has 0 N–H and O–H groups in total. The standard InChI is InChI=1S/C61H40N2O/c1-3-15-43(16-4-1)61(55-23-11-7-19-49(55)50-20-8-12-24-56(50)61)44-30-34-47(35-31-44)62(48-36-38-54-53-22-10-14-26-59(53)64-60(54)40-48)46-32-27-41(28-33-46)42-29-37-52-51-21-9-13-25-57(51)63(58(52)39-42)45-17-5-2-6-18-45/h1-40H. The molecule has 0 amide bonds. The van der Waals surface area contributed by atoms with Crippen LogP contribution in [0.5, 0.6) is 0 Å². The summed E-state index contributed by atoms with van der Waals surface area (Å²) in [5.41, 5.74) is 18.0. The Hall–Kier alpha value is -8.40. The molecule has 0 spiro atoms. The molecule has 300 valence electrons. The van der Waals surface area contributed by atoms with Crippen LogP contribution in [0.3, 0.4) is 0 Å². The van der Waals surface area contributed by atoms with E-state index in [1.807, 2.05) is 12.1 Å². The lowest BCUT2D eigenvalue weighted by molar-refractivity contribution is 0.669. The molecule has 0 saturated carbocycles. The first-order valence-corrected chi connectivity index (χ1v) is 22.0. The minimum absolute atomic E-state index is 0.472. The lowest BCUT2D eigenvalue weighted by atomic mass is 9.68. The normalized spacial score (nSPS) is 12.8. The molecule has 1 aliphatic carbocycles. The molecule has 1 aliphatic rings. The number of hydrogen-bond donors (Lipinski definition) is 0. The van der Waals surface area contributed by atoms with Gasteiger partial charge in [-0.15, -0.1) is 0 Å². The topological polar surface area (TPSA) is 21.3 Å².